The lowest BCUT2D eigenvalue weighted by molar-refractivity contribution is -0.157. The van der Waals surface area contributed by atoms with Gasteiger partial charge >= 0.3 is 18.0 Å². The Kier molecular flexibility index (Phi) is 12.8. The van der Waals surface area contributed by atoms with Gasteiger partial charge in [-0.1, -0.05) is 46.3 Å². The van der Waals surface area contributed by atoms with Crippen molar-refractivity contribution >= 4 is 44.0 Å². The second-order valence-electron chi connectivity index (χ2n) is 11.4. The zero-order chi connectivity index (χ0) is 32.4. The quantitative estimate of drug-likeness (QED) is 0.252. The lowest BCUT2D eigenvalue weighted by Gasteiger charge is -2.36. The van der Waals surface area contributed by atoms with Crippen molar-refractivity contribution in [2.45, 2.75) is 64.9 Å². The first-order valence-corrected chi connectivity index (χ1v) is 17.1. The highest BCUT2D eigenvalue weighted by Gasteiger charge is 2.41. The number of carbonyl (C=O) groups excluding carboxylic acids is 3. The van der Waals surface area contributed by atoms with E-state index < -0.39 is 20.9 Å². The van der Waals surface area contributed by atoms with Crippen molar-refractivity contribution in [1.82, 2.24) is 9.21 Å². The summed E-state index contributed by atoms with van der Waals surface area (Å²) in [4.78, 5) is 37.9. The molecule has 1 amide bonds. The number of hydrogen-bond acceptors (Lipinski definition) is 8. The SMILES string of the molecule is CCOC(=O)C1(C)CCN(C(=O)OCc2ccccc2)CC1.CCOC(=O)C1(C)CCN(S(=O)(=O)c2ccc(Br)cc2)CC1. The third kappa shape index (κ3) is 9.28. The normalized spacial score (nSPS) is 17.9. The molecule has 12 heteroatoms. The number of nitrogens with zero attached hydrogens (tertiary/aromatic N) is 2. The van der Waals surface area contributed by atoms with Crippen molar-refractivity contribution in [3.05, 3.63) is 64.6 Å². The number of halogens is 1. The van der Waals surface area contributed by atoms with Crippen LogP contribution in [0.2, 0.25) is 0 Å². The van der Waals surface area contributed by atoms with Gasteiger partial charge < -0.3 is 19.1 Å². The number of amides is 1. The second kappa shape index (κ2) is 15.9. The maximum absolute atomic E-state index is 12.6. The van der Waals surface area contributed by atoms with Crippen LogP contribution in [-0.2, 0) is 40.4 Å². The zero-order valence-corrected chi connectivity index (χ0v) is 28.3. The number of hydrogen-bond donors (Lipinski definition) is 0. The minimum absolute atomic E-state index is 0.174. The summed E-state index contributed by atoms with van der Waals surface area (Å²) in [5, 5.41) is 0. The Hall–Kier alpha value is -2.96. The predicted molar refractivity (Wildman–Crippen MR) is 169 cm³/mol. The standard InChI is InChI=1S/C17H23NO4.C15H20BrNO4S/c1-3-21-15(19)17(2)9-11-18(12-10-17)16(20)22-13-14-7-5-4-6-8-14;1-3-21-14(18)15(2)8-10-17(11-9-15)22(19,20)13-6-4-12(16)5-7-13/h4-8H,3,9-13H2,1-2H3;4-7H,3,8-11H2,1-2H3. The molecule has 4 rings (SSSR count). The molecular formula is C32H43BrN2O8S. The van der Waals surface area contributed by atoms with Crippen LogP contribution in [0, 0.1) is 10.8 Å². The smallest absolute Gasteiger partial charge is 0.410 e. The molecule has 2 aliphatic rings. The minimum atomic E-state index is -3.51. The zero-order valence-electron chi connectivity index (χ0n) is 25.9. The van der Waals surface area contributed by atoms with E-state index in [-0.39, 0.29) is 29.5 Å². The lowest BCUT2D eigenvalue weighted by Crippen LogP contribution is -2.45. The molecular weight excluding hydrogens is 652 g/mol. The van der Waals surface area contributed by atoms with Crippen LogP contribution < -0.4 is 0 Å². The number of piperidine rings is 2. The van der Waals surface area contributed by atoms with Gasteiger partial charge in [0.2, 0.25) is 10.0 Å². The number of esters is 2. The minimum Gasteiger partial charge on any atom is -0.466 e. The van der Waals surface area contributed by atoms with E-state index in [1.165, 1.54) is 4.31 Å². The van der Waals surface area contributed by atoms with Gasteiger partial charge in [-0.2, -0.15) is 4.31 Å². The van der Waals surface area contributed by atoms with Gasteiger partial charge in [-0.3, -0.25) is 9.59 Å². The summed E-state index contributed by atoms with van der Waals surface area (Å²) in [5.41, 5.74) is -0.127. The van der Waals surface area contributed by atoms with Crippen LogP contribution >= 0.6 is 15.9 Å². The molecule has 0 bridgehead atoms. The summed E-state index contributed by atoms with van der Waals surface area (Å²) in [6.45, 7) is 10.0. The van der Waals surface area contributed by atoms with Crippen molar-refractivity contribution in [2.75, 3.05) is 39.4 Å². The molecule has 2 aromatic rings. The summed E-state index contributed by atoms with van der Waals surface area (Å²) in [7, 11) is -3.51. The van der Waals surface area contributed by atoms with Crippen molar-refractivity contribution in [2.24, 2.45) is 10.8 Å². The molecule has 2 aliphatic heterocycles. The van der Waals surface area contributed by atoms with Crippen LogP contribution in [0.4, 0.5) is 4.79 Å². The summed E-state index contributed by atoms with van der Waals surface area (Å²) in [6, 6.07) is 16.2. The molecule has 2 heterocycles. The monoisotopic (exact) mass is 694 g/mol. The third-order valence-electron chi connectivity index (χ3n) is 8.14. The fraction of sp³-hybridized carbons (Fsp3) is 0.531. The highest BCUT2D eigenvalue weighted by atomic mass is 79.9. The molecule has 2 saturated heterocycles. The molecule has 0 N–H and O–H groups in total. The number of sulfonamides is 1. The summed E-state index contributed by atoms with van der Waals surface area (Å²) < 4.78 is 43.0. The van der Waals surface area contributed by atoms with Gasteiger partial charge in [0, 0.05) is 30.7 Å². The summed E-state index contributed by atoms with van der Waals surface area (Å²) in [6.07, 6.45) is 1.83. The Labute approximate surface area is 269 Å². The third-order valence-corrected chi connectivity index (χ3v) is 10.6. The summed E-state index contributed by atoms with van der Waals surface area (Å²) >= 11 is 3.29. The number of benzene rings is 2. The van der Waals surface area contributed by atoms with E-state index in [0.717, 1.165) is 10.0 Å². The molecule has 0 spiro atoms. The molecule has 0 aromatic heterocycles. The molecule has 0 aliphatic carbocycles. The van der Waals surface area contributed by atoms with Crippen LogP contribution in [-0.4, -0.2) is 75.0 Å². The molecule has 10 nitrogen and oxygen atoms in total. The van der Waals surface area contributed by atoms with Crippen molar-refractivity contribution in [1.29, 1.82) is 0 Å². The molecule has 0 saturated carbocycles. The van der Waals surface area contributed by atoms with E-state index in [4.69, 9.17) is 14.2 Å². The maximum Gasteiger partial charge on any atom is 0.410 e. The van der Waals surface area contributed by atoms with E-state index in [0.29, 0.717) is 65.1 Å². The molecule has 0 radical (unpaired) electrons. The van der Waals surface area contributed by atoms with Crippen molar-refractivity contribution < 1.29 is 37.0 Å². The highest BCUT2D eigenvalue weighted by Crippen LogP contribution is 2.35. The van der Waals surface area contributed by atoms with Crippen LogP contribution in [0.3, 0.4) is 0 Å². The van der Waals surface area contributed by atoms with Gasteiger partial charge in [0.1, 0.15) is 6.61 Å². The van der Waals surface area contributed by atoms with Crippen LogP contribution in [0.25, 0.3) is 0 Å². The number of carbonyl (C=O) groups is 3. The molecule has 0 unspecified atom stereocenters. The highest BCUT2D eigenvalue weighted by molar-refractivity contribution is 9.10. The first kappa shape index (κ1) is 35.5. The Balaban J connectivity index is 0.000000240. The van der Waals surface area contributed by atoms with E-state index in [2.05, 4.69) is 15.9 Å². The van der Waals surface area contributed by atoms with Crippen LogP contribution in [0.15, 0.2) is 64.0 Å². The fourth-order valence-electron chi connectivity index (χ4n) is 4.99. The van der Waals surface area contributed by atoms with E-state index in [1.807, 2.05) is 44.2 Å². The van der Waals surface area contributed by atoms with Crippen molar-refractivity contribution in [3.8, 4) is 0 Å². The largest absolute Gasteiger partial charge is 0.466 e. The van der Waals surface area contributed by atoms with Gasteiger partial charge in [0.15, 0.2) is 0 Å². The Morgan fingerprint density at radius 2 is 1.23 bits per heavy atom. The average molecular weight is 696 g/mol. The van der Waals surface area contributed by atoms with Crippen LogP contribution in [0.1, 0.15) is 58.9 Å². The first-order valence-electron chi connectivity index (χ1n) is 14.9. The fourth-order valence-corrected chi connectivity index (χ4v) is 6.69. The lowest BCUT2D eigenvalue weighted by atomic mass is 9.80. The van der Waals surface area contributed by atoms with Gasteiger partial charge in [-0.25, -0.2) is 13.2 Å². The maximum atomic E-state index is 12.6. The first-order chi connectivity index (χ1) is 20.8. The second-order valence-corrected chi connectivity index (χ2v) is 14.3. The van der Waals surface area contributed by atoms with Crippen molar-refractivity contribution in [3.63, 3.8) is 0 Å². The topological polar surface area (TPSA) is 120 Å². The molecule has 2 fully saturated rings. The van der Waals surface area contributed by atoms with E-state index in [1.54, 1.807) is 43.0 Å². The molecule has 0 atom stereocenters. The molecule has 44 heavy (non-hydrogen) atoms. The van der Waals surface area contributed by atoms with Crippen LogP contribution in [0.5, 0.6) is 0 Å². The Bertz CT molecular complexity index is 1350. The predicted octanol–water partition coefficient (Wildman–Crippen LogP) is 5.79. The molecule has 242 valence electrons. The van der Waals surface area contributed by atoms with Gasteiger partial charge in [-0.05, 0) is 83.2 Å². The Morgan fingerprint density at radius 3 is 1.70 bits per heavy atom. The van der Waals surface area contributed by atoms with Gasteiger partial charge in [0.25, 0.3) is 0 Å². The molecule has 2 aromatic carbocycles. The average Bonchev–Trinajstić information content (AvgIpc) is 3.02. The number of ether oxygens (including phenoxy) is 3. The number of likely N-dealkylation sites (tertiary alicyclic amines) is 1. The van der Waals surface area contributed by atoms with E-state index in [9.17, 15) is 22.8 Å². The van der Waals surface area contributed by atoms with E-state index >= 15 is 0 Å². The van der Waals surface area contributed by atoms with Gasteiger partial charge in [-0.15, -0.1) is 0 Å². The summed E-state index contributed by atoms with van der Waals surface area (Å²) in [5.74, 6) is -0.414. The van der Waals surface area contributed by atoms with Gasteiger partial charge in [0.05, 0.1) is 28.9 Å². The Morgan fingerprint density at radius 1 is 0.750 bits per heavy atom. The number of rotatable bonds is 8.